The Kier molecular flexibility index (Phi) is 10.3. The molecule has 1 fully saturated rings. The second kappa shape index (κ2) is 14.7. The van der Waals surface area contributed by atoms with Crippen molar-refractivity contribution in [1.82, 2.24) is 19.6 Å². The van der Waals surface area contributed by atoms with Gasteiger partial charge < -0.3 is 14.5 Å². The normalized spacial score (nSPS) is 19.1. The van der Waals surface area contributed by atoms with Gasteiger partial charge in [-0.15, -0.1) is 0 Å². The monoisotopic (exact) mass is 649 g/mol. The summed E-state index contributed by atoms with van der Waals surface area (Å²) in [5, 5.41) is 0. The minimum Gasteiger partial charge on any atom is -0.456 e. The molecule has 3 aliphatic heterocycles. The van der Waals surface area contributed by atoms with Crippen LogP contribution in [0.1, 0.15) is 55.6 Å². The zero-order valence-corrected chi connectivity index (χ0v) is 28.7. The lowest BCUT2D eigenvalue weighted by atomic mass is 9.84. The van der Waals surface area contributed by atoms with Crippen LogP contribution in [0.3, 0.4) is 0 Å². The number of carbonyl (C=O) groups is 3. The van der Waals surface area contributed by atoms with Crippen LogP contribution in [0.2, 0.25) is 0 Å². The maximum absolute atomic E-state index is 14.3. The number of likely N-dealkylation sites (N-methyl/N-ethyl adjacent to an activating group) is 1. The molecule has 2 aromatic carbocycles. The maximum atomic E-state index is 14.3. The molecule has 0 radical (unpaired) electrons. The topological polar surface area (TPSA) is 76.6 Å². The zero-order chi connectivity index (χ0) is 33.8. The van der Waals surface area contributed by atoms with Gasteiger partial charge in [-0.25, -0.2) is 0 Å². The van der Waals surface area contributed by atoms with Crippen LogP contribution in [-0.4, -0.2) is 109 Å². The molecule has 0 bridgehead atoms. The average Bonchev–Trinajstić information content (AvgIpc) is 3.44. The summed E-state index contributed by atoms with van der Waals surface area (Å²) < 4.78 is 6.70. The molecular formula is C39H47N5O4. The Morgan fingerprint density at radius 3 is 2.23 bits per heavy atom. The van der Waals surface area contributed by atoms with Crippen molar-refractivity contribution in [3.05, 3.63) is 101 Å². The number of hydrogen-bond donors (Lipinski definition) is 0. The molecule has 0 N–H and O–H groups in total. The molecule has 3 heterocycles. The molecule has 0 aromatic heterocycles. The lowest BCUT2D eigenvalue weighted by molar-refractivity contribution is -0.136. The summed E-state index contributed by atoms with van der Waals surface area (Å²) in [5.41, 5.74) is 5.71. The van der Waals surface area contributed by atoms with E-state index in [-0.39, 0.29) is 23.8 Å². The van der Waals surface area contributed by atoms with E-state index in [1.54, 1.807) is 0 Å². The predicted octanol–water partition coefficient (Wildman–Crippen LogP) is 4.96. The van der Waals surface area contributed by atoms with Gasteiger partial charge in [-0.3, -0.25) is 29.1 Å². The van der Waals surface area contributed by atoms with Gasteiger partial charge in [0, 0.05) is 92.0 Å². The smallest absolute Gasteiger partial charge is 0.254 e. The molecule has 1 saturated heterocycles. The third kappa shape index (κ3) is 6.62. The lowest BCUT2D eigenvalue weighted by Crippen LogP contribution is -2.49. The molecule has 3 amide bonds. The number of benzene rings is 2. The molecule has 9 nitrogen and oxygen atoms in total. The van der Waals surface area contributed by atoms with E-state index in [2.05, 4.69) is 84.9 Å². The van der Waals surface area contributed by atoms with Gasteiger partial charge in [0.2, 0.25) is 0 Å². The van der Waals surface area contributed by atoms with Crippen molar-refractivity contribution < 1.29 is 19.1 Å². The zero-order valence-electron chi connectivity index (χ0n) is 28.7. The Morgan fingerprint density at radius 1 is 0.833 bits per heavy atom. The molecule has 1 aliphatic carbocycles. The van der Waals surface area contributed by atoms with Gasteiger partial charge in [-0.05, 0) is 69.7 Å². The van der Waals surface area contributed by atoms with Crippen molar-refractivity contribution in [2.24, 2.45) is 0 Å². The van der Waals surface area contributed by atoms with Gasteiger partial charge >= 0.3 is 0 Å². The number of carbonyl (C=O) groups excluding carboxylic acids is 3. The Labute approximate surface area is 284 Å². The summed E-state index contributed by atoms with van der Waals surface area (Å²) in [6, 6.07) is 14.5. The standard InChI is InChI=1S/C39H47N5O4/c1-5-41(6-2)28-14-16-32-34(26-28)48-35-27-29(42(7-3)8-4)15-17-33(35)38(32)30-12-9-10-13-31(30)39(47)43-24-22-40(23-25-43)20-11-21-44-36(45)18-19-37(44)46/h9-10,12-19,26-28H,5-8,11,20-25H2,1-4H3. The van der Waals surface area contributed by atoms with Crippen molar-refractivity contribution in [1.29, 1.82) is 0 Å². The first-order chi connectivity index (χ1) is 23.4. The Balaban J connectivity index is 1.26. The van der Waals surface area contributed by atoms with Crippen LogP contribution >= 0.6 is 0 Å². The largest absolute Gasteiger partial charge is 0.456 e. The highest BCUT2D eigenvalue weighted by molar-refractivity contribution is 6.12. The second-order valence-corrected chi connectivity index (χ2v) is 12.5. The second-order valence-electron chi connectivity index (χ2n) is 12.5. The molecular weight excluding hydrogens is 602 g/mol. The van der Waals surface area contributed by atoms with E-state index < -0.39 is 0 Å². The van der Waals surface area contributed by atoms with Crippen molar-refractivity contribution in [3.8, 4) is 5.75 Å². The predicted molar refractivity (Wildman–Crippen MR) is 190 cm³/mol. The molecule has 9 heteroatoms. The summed E-state index contributed by atoms with van der Waals surface area (Å²) in [6.07, 6.45) is 9.99. The Hall–Kier alpha value is -4.47. The number of nitrogens with zero attached hydrogens (tertiary/aromatic N) is 5. The first-order valence-electron chi connectivity index (χ1n) is 17.5. The average molecular weight is 650 g/mol. The molecule has 6 rings (SSSR count). The Bertz CT molecular complexity index is 1660. The van der Waals surface area contributed by atoms with Gasteiger partial charge in [0.05, 0.1) is 6.04 Å². The SMILES string of the molecule is CCN(CC)c1ccc2c(c1)OC1=CC(N(CC)CC)C=CC1=C2c1ccccc1C(=O)N1CCN(CCCN2C(=O)C=CC2=O)CC1. The molecule has 48 heavy (non-hydrogen) atoms. The minimum absolute atomic E-state index is 0.0248. The van der Waals surface area contributed by atoms with Crippen LogP contribution in [0.4, 0.5) is 5.69 Å². The van der Waals surface area contributed by atoms with Crippen LogP contribution in [0.15, 0.2) is 84.2 Å². The van der Waals surface area contributed by atoms with E-state index in [1.807, 2.05) is 23.1 Å². The van der Waals surface area contributed by atoms with Crippen molar-refractivity contribution in [2.75, 3.05) is 70.3 Å². The van der Waals surface area contributed by atoms with E-state index in [9.17, 15) is 14.4 Å². The number of amides is 3. The van der Waals surface area contributed by atoms with E-state index in [0.717, 1.165) is 85.3 Å². The number of hydrogen-bond acceptors (Lipinski definition) is 7. The molecule has 2 aromatic rings. The number of imide groups is 1. The van der Waals surface area contributed by atoms with Crippen molar-refractivity contribution >= 4 is 29.0 Å². The number of fused-ring (bicyclic) bond motifs is 2. The highest BCUT2D eigenvalue weighted by Gasteiger charge is 2.32. The Morgan fingerprint density at radius 2 is 1.54 bits per heavy atom. The van der Waals surface area contributed by atoms with Gasteiger partial charge in [0.1, 0.15) is 11.5 Å². The third-order valence-corrected chi connectivity index (χ3v) is 9.98. The fourth-order valence-corrected chi connectivity index (χ4v) is 7.22. The van der Waals surface area contributed by atoms with Gasteiger partial charge in [-0.1, -0.05) is 44.2 Å². The highest BCUT2D eigenvalue weighted by atomic mass is 16.5. The maximum Gasteiger partial charge on any atom is 0.254 e. The summed E-state index contributed by atoms with van der Waals surface area (Å²) in [7, 11) is 0. The van der Waals surface area contributed by atoms with Crippen molar-refractivity contribution in [2.45, 2.75) is 40.2 Å². The third-order valence-electron chi connectivity index (χ3n) is 9.98. The van der Waals surface area contributed by atoms with Crippen LogP contribution in [0, 0.1) is 0 Å². The van der Waals surface area contributed by atoms with Gasteiger partial charge in [-0.2, -0.15) is 0 Å². The fourth-order valence-electron chi connectivity index (χ4n) is 7.22. The molecule has 252 valence electrons. The molecule has 4 aliphatic rings. The number of ether oxygens (including phenoxy) is 1. The first kappa shape index (κ1) is 33.4. The molecule has 0 saturated carbocycles. The quantitative estimate of drug-likeness (QED) is 0.301. The number of anilines is 1. The first-order valence-corrected chi connectivity index (χ1v) is 17.5. The van der Waals surface area contributed by atoms with Gasteiger partial charge in [0.15, 0.2) is 0 Å². The van der Waals surface area contributed by atoms with E-state index >= 15 is 0 Å². The lowest BCUT2D eigenvalue weighted by Gasteiger charge is -2.36. The van der Waals surface area contributed by atoms with E-state index in [4.69, 9.17) is 4.74 Å². The molecule has 1 atom stereocenters. The van der Waals surface area contributed by atoms with Crippen molar-refractivity contribution in [3.63, 3.8) is 0 Å². The summed E-state index contributed by atoms with van der Waals surface area (Å²) in [6.45, 7) is 16.3. The van der Waals surface area contributed by atoms with Crippen LogP contribution in [0.5, 0.6) is 5.75 Å². The minimum atomic E-state index is -0.239. The van der Waals surface area contributed by atoms with Crippen LogP contribution in [0.25, 0.3) is 5.57 Å². The number of rotatable bonds is 12. The number of piperazine rings is 1. The van der Waals surface area contributed by atoms with Crippen LogP contribution in [-0.2, 0) is 9.59 Å². The van der Waals surface area contributed by atoms with E-state index in [0.29, 0.717) is 31.6 Å². The van der Waals surface area contributed by atoms with Gasteiger partial charge in [0.25, 0.3) is 17.7 Å². The van der Waals surface area contributed by atoms with Crippen LogP contribution < -0.4 is 9.64 Å². The summed E-state index contributed by atoms with van der Waals surface area (Å²) >= 11 is 0. The summed E-state index contributed by atoms with van der Waals surface area (Å²) in [4.78, 5) is 48.3. The fraction of sp³-hybridized carbons (Fsp3) is 0.410. The number of allylic oxidation sites excluding steroid dienone is 1. The molecule has 1 unspecified atom stereocenters. The van der Waals surface area contributed by atoms with E-state index in [1.165, 1.54) is 17.1 Å². The molecule has 0 spiro atoms. The highest BCUT2D eigenvalue weighted by Crippen LogP contribution is 2.45. The summed E-state index contributed by atoms with van der Waals surface area (Å²) in [5.74, 6) is 1.18.